The van der Waals surface area contributed by atoms with Gasteiger partial charge in [0, 0.05) is 30.9 Å². The van der Waals surface area contributed by atoms with E-state index in [1.165, 1.54) is 25.4 Å². The third-order valence-electron chi connectivity index (χ3n) is 3.99. The summed E-state index contributed by atoms with van der Waals surface area (Å²) in [5.41, 5.74) is 0.763. The smallest absolute Gasteiger partial charge is 0.278 e. The number of ketones is 1. The second kappa shape index (κ2) is 7.50. The number of aromatic nitrogens is 4. The Bertz CT molecular complexity index is 1190. The van der Waals surface area contributed by atoms with Gasteiger partial charge in [0.2, 0.25) is 5.95 Å². The molecule has 4 rings (SSSR count). The van der Waals surface area contributed by atoms with Crippen molar-refractivity contribution in [2.45, 2.75) is 13.5 Å². The van der Waals surface area contributed by atoms with Gasteiger partial charge in [-0.1, -0.05) is 0 Å². The average molecular weight is 395 g/mol. The molecule has 9 nitrogen and oxygen atoms in total. The van der Waals surface area contributed by atoms with Gasteiger partial charge in [-0.3, -0.25) is 14.3 Å². The maximum absolute atomic E-state index is 13.4. The van der Waals surface area contributed by atoms with Crippen molar-refractivity contribution in [1.29, 1.82) is 0 Å². The molecule has 0 aliphatic rings. The molecule has 0 saturated carbocycles. The maximum Gasteiger partial charge on any atom is 0.278 e. The van der Waals surface area contributed by atoms with Gasteiger partial charge in [0.1, 0.15) is 5.76 Å². The Morgan fingerprint density at radius 1 is 1.24 bits per heavy atom. The third-order valence-corrected chi connectivity index (χ3v) is 3.99. The Morgan fingerprint density at radius 3 is 2.86 bits per heavy atom. The summed E-state index contributed by atoms with van der Waals surface area (Å²) >= 11 is 0. The minimum atomic E-state index is -0.697. The zero-order valence-corrected chi connectivity index (χ0v) is 15.1. The van der Waals surface area contributed by atoms with Gasteiger partial charge in [-0.25, -0.2) is 9.97 Å². The summed E-state index contributed by atoms with van der Waals surface area (Å²) in [5, 5.41) is 6.81. The largest absolute Gasteiger partial charge is 0.456 e. The van der Waals surface area contributed by atoms with E-state index in [0.717, 1.165) is 12.5 Å². The number of rotatable bonds is 6. The van der Waals surface area contributed by atoms with Gasteiger partial charge >= 0.3 is 0 Å². The van der Waals surface area contributed by atoms with Crippen LogP contribution in [0.15, 0.2) is 58.1 Å². The number of anilines is 1. The Balaban J connectivity index is 1.47. The van der Waals surface area contributed by atoms with E-state index in [1.807, 2.05) is 0 Å². The molecular weight excluding hydrogens is 381 g/mol. The van der Waals surface area contributed by atoms with Crippen molar-refractivity contribution < 1.29 is 22.8 Å². The summed E-state index contributed by atoms with van der Waals surface area (Å²) in [6.07, 6.45) is 5.43. The van der Waals surface area contributed by atoms with Gasteiger partial charge in [-0.05, 0) is 18.2 Å². The van der Waals surface area contributed by atoms with Crippen molar-refractivity contribution in [1.82, 2.24) is 19.7 Å². The molecule has 0 bridgehead atoms. The number of amides is 1. The highest BCUT2D eigenvalue weighted by Gasteiger charge is 2.19. The van der Waals surface area contributed by atoms with Crippen LogP contribution in [0.1, 0.15) is 33.7 Å². The SMILES string of the molecule is CC(=O)c1ccc(Cn2cc(NC(=O)c3ncoc3-c3ccnc(F)c3)cn2)o1. The summed E-state index contributed by atoms with van der Waals surface area (Å²) in [7, 11) is 0. The molecule has 10 heteroatoms. The van der Waals surface area contributed by atoms with Gasteiger partial charge in [0.05, 0.1) is 18.4 Å². The molecule has 0 radical (unpaired) electrons. The molecule has 0 atom stereocenters. The van der Waals surface area contributed by atoms with Crippen LogP contribution in [0.4, 0.5) is 10.1 Å². The highest BCUT2D eigenvalue weighted by Crippen LogP contribution is 2.24. The first-order valence-corrected chi connectivity index (χ1v) is 8.48. The molecule has 0 aliphatic carbocycles. The van der Waals surface area contributed by atoms with E-state index in [1.54, 1.807) is 23.0 Å². The summed E-state index contributed by atoms with van der Waals surface area (Å²) in [4.78, 5) is 31.3. The van der Waals surface area contributed by atoms with E-state index in [9.17, 15) is 14.0 Å². The number of hydrogen-bond donors (Lipinski definition) is 1. The molecule has 4 aromatic rings. The first-order valence-electron chi connectivity index (χ1n) is 8.48. The topological polar surface area (TPSA) is 116 Å². The number of nitrogens with zero attached hydrogens (tertiary/aromatic N) is 4. The van der Waals surface area contributed by atoms with E-state index in [-0.39, 0.29) is 29.5 Å². The number of oxazole rings is 1. The molecule has 4 aromatic heterocycles. The van der Waals surface area contributed by atoms with Gasteiger partial charge in [-0.15, -0.1) is 0 Å². The van der Waals surface area contributed by atoms with Crippen LogP contribution >= 0.6 is 0 Å². The lowest BCUT2D eigenvalue weighted by Crippen LogP contribution is -2.13. The number of nitrogens with one attached hydrogen (secondary N) is 1. The number of furan rings is 1. The lowest BCUT2D eigenvalue weighted by atomic mass is 10.1. The molecule has 29 heavy (non-hydrogen) atoms. The Kier molecular flexibility index (Phi) is 4.73. The fourth-order valence-electron chi connectivity index (χ4n) is 2.67. The molecule has 4 heterocycles. The molecule has 0 spiro atoms. The molecule has 0 aliphatic heterocycles. The zero-order chi connectivity index (χ0) is 20.4. The van der Waals surface area contributed by atoms with Gasteiger partial charge < -0.3 is 14.2 Å². The lowest BCUT2D eigenvalue weighted by Gasteiger charge is -2.02. The second-order valence-corrected chi connectivity index (χ2v) is 6.10. The lowest BCUT2D eigenvalue weighted by molar-refractivity contribution is 0.0983. The average Bonchev–Trinajstić information content (AvgIpc) is 3.42. The van der Waals surface area contributed by atoms with Crippen molar-refractivity contribution in [2.24, 2.45) is 0 Å². The predicted octanol–water partition coefficient (Wildman–Crippen LogP) is 3.17. The number of hydrogen-bond acceptors (Lipinski definition) is 7. The number of carbonyl (C=O) groups is 2. The van der Waals surface area contributed by atoms with E-state index in [4.69, 9.17) is 8.83 Å². The highest BCUT2D eigenvalue weighted by atomic mass is 19.1. The molecular formula is C19H14FN5O4. The quantitative estimate of drug-likeness (QED) is 0.394. The minimum absolute atomic E-state index is 0.000449. The monoisotopic (exact) mass is 395 g/mol. The normalized spacial score (nSPS) is 10.8. The van der Waals surface area contributed by atoms with Gasteiger partial charge in [-0.2, -0.15) is 9.49 Å². The summed E-state index contributed by atoms with van der Waals surface area (Å²) < 4.78 is 25.6. The zero-order valence-electron chi connectivity index (χ0n) is 15.1. The number of pyridine rings is 1. The highest BCUT2D eigenvalue weighted by molar-refractivity contribution is 6.06. The van der Waals surface area contributed by atoms with Crippen molar-refractivity contribution >= 4 is 17.4 Å². The number of carbonyl (C=O) groups excluding carboxylic acids is 2. The molecule has 0 saturated heterocycles. The van der Waals surface area contributed by atoms with E-state index < -0.39 is 11.9 Å². The third kappa shape index (κ3) is 3.95. The standard InChI is InChI=1S/C19H14FN5O4/c1-11(26)15-3-2-14(29-15)9-25-8-13(7-23-25)24-19(27)17-18(28-10-22-17)12-4-5-21-16(20)6-12/h2-8,10H,9H2,1H3,(H,24,27). The number of Topliss-reactive ketones (excluding diaryl/α,β-unsaturated/α-hetero) is 1. The predicted molar refractivity (Wildman–Crippen MR) is 97.7 cm³/mol. The molecule has 0 unspecified atom stereocenters. The van der Waals surface area contributed by atoms with Crippen molar-refractivity contribution in [3.05, 3.63) is 72.4 Å². The summed E-state index contributed by atoms with van der Waals surface area (Å²) in [6, 6.07) is 5.94. The molecule has 0 fully saturated rings. The van der Waals surface area contributed by atoms with E-state index in [2.05, 4.69) is 20.4 Å². The first-order chi connectivity index (χ1) is 14.0. The van der Waals surface area contributed by atoms with E-state index in [0.29, 0.717) is 17.0 Å². The van der Waals surface area contributed by atoms with Crippen LogP contribution in [0.2, 0.25) is 0 Å². The Morgan fingerprint density at radius 2 is 2.10 bits per heavy atom. The summed E-state index contributed by atoms with van der Waals surface area (Å²) in [6.45, 7) is 1.71. The second-order valence-electron chi connectivity index (χ2n) is 6.10. The fourth-order valence-corrected chi connectivity index (χ4v) is 2.67. The first kappa shape index (κ1) is 18.3. The van der Waals surface area contributed by atoms with Gasteiger partial charge in [0.15, 0.2) is 29.4 Å². The molecule has 146 valence electrons. The Labute approximate surface area is 163 Å². The van der Waals surface area contributed by atoms with Crippen LogP contribution in [-0.4, -0.2) is 31.4 Å². The van der Waals surface area contributed by atoms with E-state index >= 15 is 0 Å². The fraction of sp³-hybridized carbons (Fsp3) is 0.105. The van der Waals surface area contributed by atoms with Gasteiger partial charge in [0.25, 0.3) is 5.91 Å². The van der Waals surface area contributed by atoms with Crippen molar-refractivity contribution in [2.75, 3.05) is 5.32 Å². The van der Waals surface area contributed by atoms with Crippen molar-refractivity contribution in [3.63, 3.8) is 0 Å². The van der Waals surface area contributed by atoms with Crippen LogP contribution in [0.3, 0.4) is 0 Å². The summed E-state index contributed by atoms with van der Waals surface area (Å²) in [5.74, 6) is -0.452. The Hall–Kier alpha value is -4.08. The molecule has 1 amide bonds. The van der Waals surface area contributed by atoms with Crippen LogP contribution in [-0.2, 0) is 6.54 Å². The van der Waals surface area contributed by atoms with Crippen LogP contribution in [0, 0.1) is 5.95 Å². The number of halogens is 1. The van der Waals surface area contributed by atoms with Crippen molar-refractivity contribution in [3.8, 4) is 11.3 Å². The molecule has 0 aromatic carbocycles. The van der Waals surface area contributed by atoms with Crippen LogP contribution < -0.4 is 5.32 Å². The minimum Gasteiger partial charge on any atom is -0.456 e. The van der Waals surface area contributed by atoms with Crippen LogP contribution in [0.25, 0.3) is 11.3 Å². The van der Waals surface area contributed by atoms with Crippen LogP contribution in [0.5, 0.6) is 0 Å². The molecule has 1 N–H and O–H groups in total. The maximum atomic E-state index is 13.4.